The fraction of sp³-hybridized carbons (Fsp3) is 0.812. The highest BCUT2D eigenvalue weighted by atomic mass is 127. The lowest BCUT2D eigenvalue weighted by atomic mass is 10.0. The van der Waals surface area contributed by atoms with Crippen LogP contribution in [0.5, 0.6) is 0 Å². The van der Waals surface area contributed by atoms with Gasteiger partial charge in [-0.25, -0.2) is 0 Å². The van der Waals surface area contributed by atoms with E-state index in [9.17, 15) is 0 Å². The van der Waals surface area contributed by atoms with Crippen LogP contribution in [0.3, 0.4) is 0 Å². The van der Waals surface area contributed by atoms with Crippen molar-refractivity contribution in [3.8, 4) is 0 Å². The van der Waals surface area contributed by atoms with Crippen molar-refractivity contribution >= 4 is 29.9 Å². The Morgan fingerprint density at radius 3 is 2.60 bits per heavy atom. The van der Waals surface area contributed by atoms with E-state index >= 15 is 0 Å². The first-order chi connectivity index (χ1) is 11.6. The van der Waals surface area contributed by atoms with E-state index in [0.717, 1.165) is 51.1 Å². The summed E-state index contributed by atoms with van der Waals surface area (Å²) >= 11 is 0. The van der Waals surface area contributed by atoms with Crippen LogP contribution in [0.2, 0.25) is 0 Å². The van der Waals surface area contributed by atoms with E-state index in [0.29, 0.717) is 18.5 Å². The highest BCUT2D eigenvalue weighted by Crippen LogP contribution is 2.12. The first kappa shape index (κ1) is 22.1. The summed E-state index contributed by atoms with van der Waals surface area (Å²) in [6.07, 6.45) is 2.86. The summed E-state index contributed by atoms with van der Waals surface area (Å²) in [6.45, 7) is 9.68. The number of hydrogen-bond acceptors (Lipinski definition) is 5. The van der Waals surface area contributed by atoms with E-state index in [-0.39, 0.29) is 24.0 Å². The summed E-state index contributed by atoms with van der Waals surface area (Å²) in [6, 6.07) is 0.488. The highest BCUT2D eigenvalue weighted by Gasteiger charge is 2.22. The lowest BCUT2D eigenvalue weighted by molar-refractivity contribution is 0.0132. The fourth-order valence-electron chi connectivity index (χ4n) is 2.91. The molecule has 1 atom stereocenters. The molecule has 0 saturated carbocycles. The van der Waals surface area contributed by atoms with E-state index < -0.39 is 0 Å². The van der Waals surface area contributed by atoms with Crippen LogP contribution in [-0.2, 0) is 18.3 Å². The second-order valence-electron chi connectivity index (χ2n) is 6.60. The lowest BCUT2D eigenvalue weighted by Crippen LogP contribution is -2.51. The van der Waals surface area contributed by atoms with Crippen LogP contribution in [0, 0.1) is 5.92 Å². The van der Waals surface area contributed by atoms with Crippen molar-refractivity contribution in [2.45, 2.75) is 32.9 Å². The Morgan fingerprint density at radius 2 is 2.04 bits per heavy atom. The molecule has 0 aromatic carbocycles. The minimum Gasteiger partial charge on any atom is -0.379 e. The monoisotopic (exact) mass is 465 g/mol. The van der Waals surface area contributed by atoms with Crippen molar-refractivity contribution in [2.24, 2.45) is 18.0 Å². The summed E-state index contributed by atoms with van der Waals surface area (Å²) in [5.74, 6) is 2.33. The van der Waals surface area contributed by atoms with E-state index in [1.807, 2.05) is 11.6 Å². The zero-order chi connectivity index (χ0) is 17.4. The van der Waals surface area contributed by atoms with Crippen LogP contribution in [-0.4, -0.2) is 71.6 Å². The van der Waals surface area contributed by atoms with Crippen molar-refractivity contribution in [1.29, 1.82) is 0 Å². The molecule has 2 heterocycles. The first-order valence-corrected chi connectivity index (χ1v) is 8.69. The van der Waals surface area contributed by atoms with Gasteiger partial charge in [-0.15, -0.1) is 34.2 Å². The molecular formula is C16H32IN7O. The summed E-state index contributed by atoms with van der Waals surface area (Å²) in [4.78, 5) is 6.83. The maximum atomic E-state index is 5.48. The molecule has 1 unspecified atom stereocenters. The predicted octanol–water partition coefficient (Wildman–Crippen LogP) is 0.845. The molecule has 1 aromatic heterocycles. The zero-order valence-electron chi connectivity index (χ0n) is 15.7. The Kier molecular flexibility index (Phi) is 10.3. The summed E-state index contributed by atoms with van der Waals surface area (Å²) in [5, 5.41) is 14.7. The number of hydrogen-bond donors (Lipinski definition) is 2. The fourth-order valence-corrected chi connectivity index (χ4v) is 2.91. The average Bonchev–Trinajstić information content (AvgIpc) is 2.99. The molecule has 2 N–H and O–H groups in total. The van der Waals surface area contributed by atoms with Gasteiger partial charge in [-0.05, 0) is 12.3 Å². The SMILES string of the molecule is CN=C(NCc1nncn1C)NCC(CC(C)C)N1CCOCC1.I. The van der Waals surface area contributed by atoms with Gasteiger partial charge < -0.3 is 19.9 Å². The van der Waals surface area contributed by atoms with Gasteiger partial charge in [0.2, 0.25) is 0 Å². The minimum absolute atomic E-state index is 0. The van der Waals surface area contributed by atoms with Crippen molar-refractivity contribution in [3.05, 3.63) is 12.2 Å². The Labute approximate surface area is 167 Å². The molecule has 9 heteroatoms. The van der Waals surface area contributed by atoms with Gasteiger partial charge in [0.15, 0.2) is 11.8 Å². The van der Waals surface area contributed by atoms with Crippen molar-refractivity contribution < 1.29 is 4.74 Å². The van der Waals surface area contributed by atoms with Gasteiger partial charge in [0.25, 0.3) is 0 Å². The standard InChI is InChI=1S/C16H31N7O.HI/c1-13(2)9-14(23-5-7-24-8-6-23)10-18-16(17-3)19-11-15-21-20-12-22(15)4;/h12-14H,5-11H2,1-4H3,(H2,17,18,19);1H. The van der Waals surface area contributed by atoms with Crippen molar-refractivity contribution in [3.63, 3.8) is 0 Å². The van der Waals surface area contributed by atoms with Gasteiger partial charge in [-0.2, -0.15) is 0 Å². The molecule has 0 spiro atoms. The number of nitrogens with one attached hydrogen (secondary N) is 2. The minimum atomic E-state index is 0. The van der Waals surface area contributed by atoms with Gasteiger partial charge in [0.05, 0.1) is 19.8 Å². The number of aliphatic imine (C=N–C) groups is 1. The molecular weight excluding hydrogens is 433 g/mol. The third-order valence-corrected chi connectivity index (χ3v) is 4.25. The van der Waals surface area contributed by atoms with Crippen molar-refractivity contribution in [1.82, 2.24) is 30.3 Å². The number of rotatable bonds is 7. The molecule has 8 nitrogen and oxygen atoms in total. The Bertz CT molecular complexity index is 514. The highest BCUT2D eigenvalue weighted by molar-refractivity contribution is 14.0. The number of guanidine groups is 1. The molecule has 1 saturated heterocycles. The molecule has 1 aliphatic rings. The number of nitrogens with zero attached hydrogens (tertiary/aromatic N) is 5. The number of halogens is 1. The smallest absolute Gasteiger partial charge is 0.191 e. The molecule has 1 aliphatic heterocycles. The number of morpholine rings is 1. The van der Waals surface area contributed by atoms with Crippen LogP contribution in [0.25, 0.3) is 0 Å². The maximum absolute atomic E-state index is 5.48. The predicted molar refractivity (Wildman–Crippen MR) is 110 cm³/mol. The van der Waals surface area contributed by atoms with Crippen LogP contribution in [0.15, 0.2) is 11.3 Å². The largest absolute Gasteiger partial charge is 0.379 e. The molecule has 2 rings (SSSR count). The molecule has 144 valence electrons. The molecule has 0 aliphatic carbocycles. The topological polar surface area (TPSA) is 79.6 Å². The molecule has 0 amide bonds. The number of aromatic nitrogens is 3. The summed E-state index contributed by atoms with van der Waals surface area (Å²) in [5.41, 5.74) is 0. The van der Waals surface area contributed by atoms with Crippen LogP contribution in [0.4, 0.5) is 0 Å². The van der Waals surface area contributed by atoms with Gasteiger partial charge >= 0.3 is 0 Å². The zero-order valence-corrected chi connectivity index (χ0v) is 18.1. The third-order valence-electron chi connectivity index (χ3n) is 4.25. The number of ether oxygens (including phenoxy) is 1. The van der Waals surface area contributed by atoms with Gasteiger partial charge in [-0.3, -0.25) is 9.89 Å². The quantitative estimate of drug-likeness (QED) is 0.353. The Morgan fingerprint density at radius 1 is 1.32 bits per heavy atom. The second-order valence-corrected chi connectivity index (χ2v) is 6.60. The Balaban J connectivity index is 0.00000312. The van der Waals surface area contributed by atoms with E-state index in [4.69, 9.17) is 4.74 Å². The van der Waals surface area contributed by atoms with E-state index in [1.165, 1.54) is 0 Å². The second kappa shape index (κ2) is 11.6. The maximum Gasteiger partial charge on any atom is 0.191 e. The molecule has 0 radical (unpaired) electrons. The van der Waals surface area contributed by atoms with Gasteiger partial charge in [0.1, 0.15) is 6.33 Å². The molecule has 25 heavy (non-hydrogen) atoms. The van der Waals surface area contributed by atoms with E-state index in [1.54, 1.807) is 13.4 Å². The Hall–Kier alpha value is -0.940. The average molecular weight is 465 g/mol. The first-order valence-electron chi connectivity index (χ1n) is 8.69. The molecule has 1 fully saturated rings. The van der Waals surface area contributed by atoms with Gasteiger partial charge in [0, 0.05) is 39.8 Å². The third kappa shape index (κ3) is 7.45. The van der Waals surface area contributed by atoms with Crippen LogP contribution >= 0.6 is 24.0 Å². The summed E-state index contributed by atoms with van der Waals surface area (Å²) in [7, 11) is 3.72. The molecule has 1 aromatic rings. The normalized spacial score (nSPS) is 17.2. The van der Waals surface area contributed by atoms with Gasteiger partial charge in [-0.1, -0.05) is 13.8 Å². The van der Waals surface area contributed by atoms with Crippen LogP contribution < -0.4 is 10.6 Å². The van der Waals surface area contributed by atoms with Crippen molar-refractivity contribution in [2.75, 3.05) is 39.9 Å². The molecule has 0 bridgehead atoms. The number of aryl methyl sites for hydroxylation is 1. The summed E-state index contributed by atoms with van der Waals surface area (Å²) < 4.78 is 7.38. The van der Waals surface area contributed by atoms with E-state index in [2.05, 4.69) is 44.6 Å². The lowest BCUT2D eigenvalue weighted by Gasteiger charge is -2.35. The van der Waals surface area contributed by atoms with Crippen LogP contribution in [0.1, 0.15) is 26.1 Å².